The summed E-state index contributed by atoms with van der Waals surface area (Å²) in [6.45, 7) is 4.83. The molecule has 1 saturated heterocycles. The summed E-state index contributed by atoms with van der Waals surface area (Å²) in [6.07, 6.45) is 1.05. The zero-order chi connectivity index (χ0) is 10.7. The van der Waals surface area contributed by atoms with E-state index in [1.54, 1.807) is 0 Å². The van der Waals surface area contributed by atoms with E-state index in [9.17, 15) is 0 Å². The SMILES string of the molecule is CCC1CN(C(=S)S)CCN1C(=S)S. The molecular formula is C8H14N2S4. The second-order valence-electron chi connectivity index (χ2n) is 3.27. The fourth-order valence-corrected chi connectivity index (χ4v) is 2.48. The summed E-state index contributed by atoms with van der Waals surface area (Å²) in [5, 5.41) is 0. The lowest BCUT2D eigenvalue weighted by Gasteiger charge is -2.41. The van der Waals surface area contributed by atoms with Crippen LogP contribution in [0.3, 0.4) is 0 Å². The predicted molar refractivity (Wildman–Crippen MR) is 75.5 cm³/mol. The molecule has 1 rings (SSSR count). The predicted octanol–water partition coefficient (Wildman–Crippen LogP) is 1.81. The Hall–Kier alpha value is 0.480. The molecule has 0 aromatic rings. The van der Waals surface area contributed by atoms with Crippen molar-refractivity contribution >= 4 is 58.3 Å². The Morgan fingerprint density at radius 3 is 2.36 bits per heavy atom. The average Bonchev–Trinajstić information content (AvgIpc) is 2.16. The molecule has 0 bridgehead atoms. The number of hydrogen-bond acceptors (Lipinski definition) is 2. The van der Waals surface area contributed by atoms with Crippen LogP contribution in [0.5, 0.6) is 0 Å². The van der Waals surface area contributed by atoms with Gasteiger partial charge in [-0.05, 0) is 6.42 Å². The van der Waals surface area contributed by atoms with Crippen LogP contribution in [0.25, 0.3) is 0 Å². The molecule has 80 valence electrons. The van der Waals surface area contributed by atoms with E-state index in [1.165, 1.54) is 0 Å². The van der Waals surface area contributed by atoms with Crippen molar-refractivity contribution in [2.45, 2.75) is 19.4 Å². The van der Waals surface area contributed by atoms with Crippen LogP contribution in [0.1, 0.15) is 13.3 Å². The number of rotatable bonds is 1. The molecule has 1 atom stereocenters. The fraction of sp³-hybridized carbons (Fsp3) is 0.750. The highest BCUT2D eigenvalue weighted by atomic mass is 32.1. The summed E-state index contributed by atoms with van der Waals surface area (Å²) in [5.41, 5.74) is 0. The topological polar surface area (TPSA) is 6.48 Å². The van der Waals surface area contributed by atoms with Gasteiger partial charge in [-0.15, -0.1) is 25.3 Å². The van der Waals surface area contributed by atoms with E-state index < -0.39 is 0 Å². The van der Waals surface area contributed by atoms with Crippen LogP contribution in [0.2, 0.25) is 0 Å². The summed E-state index contributed by atoms with van der Waals surface area (Å²) in [7, 11) is 0. The minimum atomic E-state index is 0.416. The molecule has 0 aromatic heterocycles. The molecule has 0 saturated carbocycles. The number of hydrogen-bond donors (Lipinski definition) is 2. The Morgan fingerprint density at radius 2 is 1.93 bits per heavy atom. The normalized spacial score (nSPS) is 22.4. The average molecular weight is 266 g/mol. The Labute approximate surface area is 107 Å². The van der Waals surface area contributed by atoms with E-state index in [1.807, 2.05) is 0 Å². The maximum Gasteiger partial charge on any atom is 0.133 e. The van der Waals surface area contributed by atoms with E-state index in [0.717, 1.165) is 26.1 Å². The first-order valence-electron chi connectivity index (χ1n) is 4.53. The zero-order valence-electron chi connectivity index (χ0n) is 8.01. The molecular weight excluding hydrogens is 252 g/mol. The van der Waals surface area contributed by atoms with Gasteiger partial charge in [0.15, 0.2) is 0 Å². The summed E-state index contributed by atoms with van der Waals surface area (Å²) in [5.74, 6) is 0. The van der Waals surface area contributed by atoms with Crippen molar-refractivity contribution in [3.8, 4) is 0 Å². The largest absolute Gasteiger partial charge is 0.354 e. The van der Waals surface area contributed by atoms with Gasteiger partial charge in [0, 0.05) is 25.7 Å². The van der Waals surface area contributed by atoms with Gasteiger partial charge in [0.05, 0.1) is 0 Å². The zero-order valence-corrected chi connectivity index (χ0v) is 11.4. The lowest BCUT2D eigenvalue weighted by molar-refractivity contribution is 0.189. The highest BCUT2D eigenvalue weighted by Gasteiger charge is 2.26. The van der Waals surface area contributed by atoms with Gasteiger partial charge in [0.1, 0.15) is 8.64 Å². The second kappa shape index (κ2) is 5.53. The van der Waals surface area contributed by atoms with E-state index in [2.05, 4.69) is 42.0 Å². The van der Waals surface area contributed by atoms with E-state index in [0.29, 0.717) is 14.7 Å². The number of thiocarbonyl (C=S) groups is 2. The van der Waals surface area contributed by atoms with Crippen molar-refractivity contribution < 1.29 is 0 Å². The molecule has 1 heterocycles. The standard InChI is InChI=1S/C8H14N2S4/c1-2-6-5-9(7(11)12)3-4-10(6)8(13)14/h6H,2-5H2,1H3,(H,11,12)(H,13,14). The third-order valence-electron chi connectivity index (χ3n) is 2.47. The maximum absolute atomic E-state index is 5.08. The van der Waals surface area contributed by atoms with Gasteiger partial charge >= 0.3 is 0 Å². The van der Waals surface area contributed by atoms with Crippen LogP contribution in [0, 0.1) is 0 Å². The quantitative estimate of drug-likeness (QED) is 0.552. The molecule has 0 aromatic carbocycles. The second-order valence-corrected chi connectivity index (χ2v) is 5.49. The Morgan fingerprint density at radius 1 is 1.29 bits per heavy atom. The Kier molecular flexibility index (Phi) is 4.96. The number of thiol groups is 2. The van der Waals surface area contributed by atoms with Gasteiger partial charge in [-0.1, -0.05) is 31.4 Å². The van der Waals surface area contributed by atoms with Gasteiger partial charge in [-0.25, -0.2) is 0 Å². The summed E-state index contributed by atoms with van der Waals surface area (Å²) < 4.78 is 1.36. The molecule has 0 aliphatic carbocycles. The first-order valence-corrected chi connectivity index (χ1v) is 6.24. The molecule has 1 unspecified atom stereocenters. The Balaban J connectivity index is 2.63. The first kappa shape index (κ1) is 12.5. The summed E-state index contributed by atoms with van der Waals surface area (Å²) >= 11 is 18.5. The molecule has 0 amide bonds. The van der Waals surface area contributed by atoms with Crippen LogP contribution in [-0.4, -0.2) is 44.1 Å². The van der Waals surface area contributed by atoms with Crippen molar-refractivity contribution in [3.05, 3.63) is 0 Å². The lowest BCUT2D eigenvalue weighted by atomic mass is 10.1. The first-order chi connectivity index (χ1) is 6.56. The van der Waals surface area contributed by atoms with E-state index >= 15 is 0 Å². The molecule has 0 spiro atoms. The molecule has 0 radical (unpaired) electrons. The molecule has 6 heteroatoms. The minimum absolute atomic E-state index is 0.416. The molecule has 1 aliphatic rings. The van der Waals surface area contributed by atoms with E-state index in [-0.39, 0.29) is 0 Å². The van der Waals surface area contributed by atoms with Gasteiger partial charge in [-0.2, -0.15) is 0 Å². The van der Waals surface area contributed by atoms with Gasteiger partial charge in [0.2, 0.25) is 0 Å². The Bertz CT molecular complexity index is 243. The van der Waals surface area contributed by atoms with Crippen molar-refractivity contribution in [2.24, 2.45) is 0 Å². The molecule has 1 aliphatic heterocycles. The molecule has 0 N–H and O–H groups in total. The lowest BCUT2D eigenvalue weighted by Crippen LogP contribution is -2.54. The van der Waals surface area contributed by atoms with Crippen LogP contribution in [-0.2, 0) is 0 Å². The van der Waals surface area contributed by atoms with Gasteiger partial charge in [0.25, 0.3) is 0 Å². The van der Waals surface area contributed by atoms with Gasteiger partial charge < -0.3 is 9.80 Å². The van der Waals surface area contributed by atoms with Crippen molar-refractivity contribution in [1.82, 2.24) is 9.80 Å². The fourth-order valence-electron chi connectivity index (χ4n) is 1.63. The molecule has 2 nitrogen and oxygen atoms in total. The number of piperazine rings is 1. The summed E-state index contributed by atoms with van der Waals surface area (Å²) in [4.78, 5) is 4.26. The number of nitrogens with zero attached hydrogens (tertiary/aromatic N) is 2. The smallest absolute Gasteiger partial charge is 0.133 e. The van der Waals surface area contributed by atoms with Crippen molar-refractivity contribution in [1.29, 1.82) is 0 Å². The third kappa shape index (κ3) is 2.98. The van der Waals surface area contributed by atoms with Gasteiger partial charge in [-0.3, -0.25) is 0 Å². The van der Waals surface area contributed by atoms with Crippen molar-refractivity contribution in [3.63, 3.8) is 0 Å². The summed E-state index contributed by atoms with van der Waals surface area (Å²) in [6, 6.07) is 0.416. The minimum Gasteiger partial charge on any atom is -0.354 e. The molecule has 14 heavy (non-hydrogen) atoms. The monoisotopic (exact) mass is 266 g/mol. The highest BCUT2D eigenvalue weighted by Crippen LogP contribution is 2.16. The van der Waals surface area contributed by atoms with Crippen LogP contribution < -0.4 is 0 Å². The molecule has 1 fully saturated rings. The van der Waals surface area contributed by atoms with Crippen LogP contribution in [0.4, 0.5) is 0 Å². The maximum atomic E-state index is 5.08. The highest BCUT2D eigenvalue weighted by molar-refractivity contribution is 8.11. The van der Waals surface area contributed by atoms with Crippen LogP contribution >= 0.6 is 49.7 Å². The third-order valence-corrected chi connectivity index (χ3v) is 3.50. The van der Waals surface area contributed by atoms with E-state index in [4.69, 9.17) is 24.4 Å². The van der Waals surface area contributed by atoms with Crippen molar-refractivity contribution in [2.75, 3.05) is 19.6 Å². The van der Waals surface area contributed by atoms with Crippen LogP contribution in [0.15, 0.2) is 0 Å².